The van der Waals surface area contributed by atoms with Gasteiger partial charge in [-0.2, -0.15) is 0 Å². The molecular formula is C10H11N3OS2. The molecular weight excluding hydrogens is 242 g/mol. The minimum absolute atomic E-state index is 0.0757. The van der Waals surface area contributed by atoms with Crippen LogP contribution in [0, 0.1) is 0 Å². The van der Waals surface area contributed by atoms with Crippen LogP contribution in [0.4, 0.5) is 0 Å². The van der Waals surface area contributed by atoms with Crippen LogP contribution in [0.2, 0.25) is 0 Å². The average molecular weight is 253 g/mol. The molecule has 0 atom stereocenters. The molecule has 0 saturated heterocycles. The molecule has 16 heavy (non-hydrogen) atoms. The first kappa shape index (κ1) is 11.5. The van der Waals surface area contributed by atoms with Gasteiger partial charge in [0, 0.05) is 0 Å². The Kier molecular flexibility index (Phi) is 3.89. The Morgan fingerprint density at radius 2 is 2.31 bits per heavy atom. The fraction of sp³-hybridized carbons (Fsp3) is 0.200. The minimum Gasteiger partial charge on any atom is -0.297 e. The molecule has 6 heteroatoms. The van der Waals surface area contributed by atoms with E-state index < -0.39 is 0 Å². The third-order valence-electron chi connectivity index (χ3n) is 1.93. The third kappa shape index (κ3) is 2.79. The summed E-state index contributed by atoms with van der Waals surface area (Å²) < 4.78 is 2.07. The van der Waals surface area contributed by atoms with Crippen molar-refractivity contribution in [2.24, 2.45) is 5.84 Å². The minimum atomic E-state index is 0.0757. The lowest BCUT2D eigenvalue weighted by Crippen LogP contribution is -2.29. The molecule has 0 radical (unpaired) electrons. The number of nitrogens with zero attached hydrogens (tertiary/aromatic N) is 1. The Hall–Kier alpha value is -0.950. The van der Waals surface area contributed by atoms with Gasteiger partial charge in [0.15, 0.2) is 10.1 Å². The molecule has 1 aromatic heterocycles. The number of thiazole rings is 1. The molecule has 0 bridgehead atoms. The maximum absolute atomic E-state index is 11.2. The van der Waals surface area contributed by atoms with Gasteiger partial charge in [-0.3, -0.25) is 16.1 Å². The summed E-state index contributed by atoms with van der Waals surface area (Å²) in [5.41, 5.74) is 3.34. The molecule has 0 saturated carbocycles. The molecule has 0 aliphatic carbocycles. The van der Waals surface area contributed by atoms with E-state index in [4.69, 9.17) is 5.84 Å². The van der Waals surface area contributed by atoms with Crippen LogP contribution < -0.4 is 11.3 Å². The normalized spacial score (nSPS) is 10.8. The van der Waals surface area contributed by atoms with Crippen molar-refractivity contribution in [3.05, 3.63) is 24.3 Å². The van der Waals surface area contributed by atoms with Crippen molar-refractivity contribution < 1.29 is 4.79 Å². The number of aromatic nitrogens is 1. The topological polar surface area (TPSA) is 68.0 Å². The van der Waals surface area contributed by atoms with Crippen molar-refractivity contribution in [2.75, 3.05) is 12.3 Å². The van der Waals surface area contributed by atoms with Crippen molar-refractivity contribution >= 4 is 39.1 Å². The Morgan fingerprint density at radius 3 is 3.06 bits per heavy atom. The predicted molar refractivity (Wildman–Crippen MR) is 67.5 cm³/mol. The number of Topliss-reactive ketones (excluding diaryl/α,β-unsaturated/α-hetero) is 1. The van der Waals surface area contributed by atoms with Gasteiger partial charge in [-0.25, -0.2) is 4.98 Å². The van der Waals surface area contributed by atoms with Crippen molar-refractivity contribution in [1.82, 2.24) is 10.4 Å². The van der Waals surface area contributed by atoms with Crippen LogP contribution in [0.5, 0.6) is 0 Å². The fourth-order valence-corrected chi connectivity index (χ4v) is 3.15. The smallest absolute Gasteiger partial charge is 0.158 e. The summed E-state index contributed by atoms with van der Waals surface area (Å²) in [6, 6.07) is 7.94. The lowest BCUT2D eigenvalue weighted by Gasteiger charge is -1.96. The molecule has 1 aromatic carbocycles. The second-order valence-electron chi connectivity index (χ2n) is 3.16. The fourth-order valence-electron chi connectivity index (χ4n) is 1.22. The molecule has 0 fully saturated rings. The van der Waals surface area contributed by atoms with Crippen LogP contribution in [-0.2, 0) is 4.79 Å². The van der Waals surface area contributed by atoms with E-state index in [0.717, 1.165) is 14.6 Å². The quantitative estimate of drug-likeness (QED) is 0.479. The first-order chi connectivity index (χ1) is 7.79. The van der Waals surface area contributed by atoms with E-state index in [9.17, 15) is 4.79 Å². The number of hydrazine groups is 1. The highest BCUT2D eigenvalue weighted by atomic mass is 32.2. The highest BCUT2D eigenvalue weighted by Gasteiger charge is 2.06. The van der Waals surface area contributed by atoms with E-state index in [1.807, 2.05) is 24.3 Å². The summed E-state index contributed by atoms with van der Waals surface area (Å²) in [5.74, 6) is 5.55. The van der Waals surface area contributed by atoms with Crippen molar-refractivity contribution in [3.63, 3.8) is 0 Å². The molecule has 2 rings (SSSR count). The van der Waals surface area contributed by atoms with Gasteiger partial charge in [0.2, 0.25) is 0 Å². The van der Waals surface area contributed by atoms with Crippen molar-refractivity contribution in [3.8, 4) is 0 Å². The van der Waals surface area contributed by atoms with Gasteiger partial charge in [-0.05, 0) is 12.1 Å². The van der Waals surface area contributed by atoms with Crippen LogP contribution in [0.3, 0.4) is 0 Å². The maximum Gasteiger partial charge on any atom is 0.158 e. The van der Waals surface area contributed by atoms with E-state index in [1.54, 1.807) is 11.3 Å². The van der Waals surface area contributed by atoms with Gasteiger partial charge in [0.1, 0.15) is 0 Å². The van der Waals surface area contributed by atoms with E-state index in [-0.39, 0.29) is 12.3 Å². The zero-order chi connectivity index (χ0) is 11.4. The van der Waals surface area contributed by atoms with Crippen LogP contribution in [-0.4, -0.2) is 23.1 Å². The van der Waals surface area contributed by atoms with Crippen LogP contribution in [0.1, 0.15) is 0 Å². The van der Waals surface area contributed by atoms with Crippen LogP contribution >= 0.6 is 23.1 Å². The molecule has 0 aliphatic rings. The number of hydrogen-bond acceptors (Lipinski definition) is 6. The SMILES string of the molecule is NNCC(=O)CSc1nc2ccccc2s1. The number of benzene rings is 1. The van der Waals surface area contributed by atoms with Gasteiger partial charge >= 0.3 is 0 Å². The second-order valence-corrected chi connectivity index (χ2v) is 5.41. The summed E-state index contributed by atoms with van der Waals surface area (Å²) >= 11 is 3.06. The predicted octanol–water partition coefficient (Wildman–Crippen LogP) is 1.42. The van der Waals surface area contributed by atoms with E-state index in [1.165, 1.54) is 11.8 Å². The first-order valence-electron chi connectivity index (χ1n) is 4.73. The Bertz CT molecular complexity index is 465. The summed E-state index contributed by atoms with van der Waals surface area (Å²) in [6.07, 6.45) is 0. The number of ketones is 1. The lowest BCUT2D eigenvalue weighted by molar-refractivity contribution is -0.115. The average Bonchev–Trinajstić information content (AvgIpc) is 2.69. The van der Waals surface area contributed by atoms with E-state index >= 15 is 0 Å². The monoisotopic (exact) mass is 253 g/mol. The Morgan fingerprint density at radius 1 is 1.50 bits per heavy atom. The van der Waals surface area contributed by atoms with Gasteiger partial charge in [-0.1, -0.05) is 23.9 Å². The number of fused-ring (bicyclic) bond motifs is 1. The van der Waals surface area contributed by atoms with Gasteiger partial charge < -0.3 is 0 Å². The molecule has 0 amide bonds. The second kappa shape index (κ2) is 5.40. The number of nitrogens with one attached hydrogen (secondary N) is 1. The highest BCUT2D eigenvalue weighted by molar-refractivity contribution is 8.01. The Balaban J connectivity index is 2.02. The van der Waals surface area contributed by atoms with E-state index in [2.05, 4.69) is 10.4 Å². The summed E-state index contributed by atoms with van der Waals surface area (Å²) in [4.78, 5) is 15.7. The molecule has 1 heterocycles. The summed E-state index contributed by atoms with van der Waals surface area (Å²) in [7, 11) is 0. The third-order valence-corrected chi connectivity index (χ3v) is 4.17. The lowest BCUT2D eigenvalue weighted by atomic mass is 10.3. The molecule has 4 nitrogen and oxygen atoms in total. The molecule has 0 spiro atoms. The summed E-state index contributed by atoms with van der Waals surface area (Å²) in [6.45, 7) is 0.206. The number of nitrogens with two attached hydrogens (primary N) is 1. The number of para-hydroxylation sites is 1. The zero-order valence-electron chi connectivity index (χ0n) is 8.47. The number of carbonyl (C=O) groups excluding carboxylic acids is 1. The van der Waals surface area contributed by atoms with Crippen molar-refractivity contribution in [1.29, 1.82) is 0 Å². The highest BCUT2D eigenvalue weighted by Crippen LogP contribution is 2.28. The molecule has 0 aliphatic heterocycles. The van der Waals surface area contributed by atoms with Crippen LogP contribution in [0.15, 0.2) is 28.6 Å². The maximum atomic E-state index is 11.2. The van der Waals surface area contributed by atoms with E-state index in [0.29, 0.717) is 5.75 Å². The molecule has 2 aromatic rings. The number of hydrogen-bond donors (Lipinski definition) is 2. The number of rotatable bonds is 5. The number of thioether (sulfide) groups is 1. The Labute approximate surface area is 101 Å². The molecule has 3 N–H and O–H groups in total. The number of carbonyl (C=O) groups is 1. The summed E-state index contributed by atoms with van der Waals surface area (Å²) in [5, 5.41) is 0. The standard InChI is InChI=1S/C10H11N3OS2/c11-12-5-7(14)6-15-10-13-8-3-1-2-4-9(8)16-10/h1-4,12H,5-6,11H2. The zero-order valence-corrected chi connectivity index (χ0v) is 10.1. The largest absolute Gasteiger partial charge is 0.297 e. The van der Waals surface area contributed by atoms with Gasteiger partial charge in [0.25, 0.3) is 0 Å². The van der Waals surface area contributed by atoms with Gasteiger partial charge in [-0.15, -0.1) is 11.3 Å². The van der Waals surface area contributed by atoms with Crippen LogP contribution in [0.25, 0.3) is 10.2 Å². The van der Waals surface area contributed by atoms with Gasteiger partial charge in [0.05, 0.1) is 22.5 Å². The molecule has 0 unspecified atom stereocenters. The molecule has 84 valence electrons. The first-order valence-corrected chi connectivity index (χ1v) is 6.53. The van der Waals surface area contributed by atoms with Crippen molar-refractivity contribution in [2.45, 2.75) is 4.34 Å².